The number of piperidine rings is 2. The first kappa shape index (κ1) is 54.1. The summed E-state index contributed by atoms with van der Waals surface area (Å²) in [5.41, 5.74) is -1.06. The van der Waals surface area contributed by atoms with Crippen LogP contribution in [0.5, 0.6) is 0 Å². The van der Waals surface area contributed by atoms with Gasteiger partial charge in [-0.25, -0.2) is 19.2 Å². The third kappa shape index (κ3) is 14.3. The smallest absolute Gasteiger partial charge is 0.408 e. The standard InChI is InChI=1S/C21H34N2O6.C12H21NO5.C9H15NO2.ClH/c1-9-10-28-12(2)15(22-19(26)29-20(3,4)5)17(24)23-11-13-14(21(13,6)7)16(23)18(25)27-8;1-6-7-17-8(2)9(10(14)15)13-11(16)18-12(3,4)5;1-9(2)5-4-10-7(6(5)9)8(11)12-3;/h9,12-16H,1,10-11H2,2-8H3,(H,22,26);6,8-9H,1,7H2,2-5H3,(H,13,16)(H,14,15);5-7,10H,4H2,1-3H3;1H/t12-,13-,14-,15-,16-;8-,9-;5-,6-,7-;/m000./s1. The minimum absolute atomic E-state index is 0. The number of alkyl carbamates (subject to hydrolysis) is 2. The lowest BCUT2D eigenvalue weighted by Gasteiger charge is -2.34. The quantitative estimate of drug-likeness (QED) is 0.107. The average molecular weight is 875 g/mol. The zero-order chi connectivity index (χ0) is 45.4. The number of amides is 3. The maximum atomic E-state index is 13.4. The molecule has 2 heterocycles. The van der Waals surface area contributed by atoms with E-state index in [0.29, 0.717) is 23.8 Å². The lowest BCUT2D eigenvalue weighted by atomic mass is 9.99. The van der Waals surface area contributed by atoms with Crippen LogP contribution in [0.1, 0.15) is 83.1 Å². The van der Waals surface area contributed by atoms with Crippen molar-refractivity contribution >= 4 is 48.4 Å². The Morgan fingerprint density at radius 3 is 1.58 bits per heavy atom. The van der Waals surface area contributed by atoms with Crippen LogP contribution in [0.25, 0.3) is 0 Å². The molecule has 4 rings (SSSR count). The monoisotopic (exact) mass is 874 g/mol. The number of carboxylic acids is 1. The van der Waals surface area contributed by atoms with Crippen LogP contribution >= 0.6 is 12.4 Å². The van der Waals surface area contributed by atoms with E-state index >= 15 is 0 Å². The van der Waals surface area contributed by atoms with E-state index in [2.05, 4.69) is 56.8 Å². The number of nitrogens with one attached hydrogen (secondary N) is 3. The third-order valence-electron chi connectivity index (χ3n) is 11.2. The molecule has 4 N–H and O–H groups in total. The van der Waals surface area contributed by atoms with Gasteiger partial charge in [0, 0.05) is 12.5 Å². The predicted octanol–water partition coefficient (Wildman–Crippen LogP) is 4.51. The van der Waals surface area contributed by atoms with Crippen molar-refractivity contribution in [1.29, 1.82) is 0 Å². The number of carboxylic acid groups (broad SMARTS) is 1. The first-order valence-corrected chi connectivity index (χ1v) is 20.0. The van der Waals surface area contributed by atoms with Crippen molar-refractivity contribution in [2.75, 3.05) is 40.5 Å². The lowest BCUT2D eigenvalue weighted by Crippen LogP contribution is -2.58. The van der Waals surface area contributed by atoms with Crippen molar-refractivity contribution < 1.29 is 62.3 Å². The molecule has 0 aromatic heterocycles. The molecule has 0 unspecified atom stereocenters. The SMILES string of the molecule is C=CCO[C@@H](C)[C@H](NC(=O)OC(C)(C)C)C(=O)N1C[C@H]2[C@@H]([C@H]1C(=O)OC)C2(C)C.C=CCO[C@@H](C)[C@H](NC(=O)OC(C)(C)C)C(=O)O.COC(=O)[C@H]1NC[C@H]2[C@@H]1C2(C)C.Cl. The highest BCUT2D eigenvalue weighted by atomic mass is 35.5. The van der Waals surface area contributed by atoms with Crippen LogP contribution in [-0.2, 0) is 47.6 Å². The van der Waals surface area contributed by atoms with Gasteiger partial charge in [-0.1, -0.05) is 39.8 Å². The van der Waals surface area contributed by atoms with Crippen molar-refractivity contribution in [2.24, 2.45) is 34.5 Å². The van der Waals surface area contributed by atoms with Crippen LogP contribution in [0, 0.1) is 34.5 Å². The molecule has 0 radical (unpaired) electrons. The first-order chi connectivity index (χ1) is 27.1. The predicted molar refractivity (Wildman–Crippen MR) is 225 cm³/mol. The van der Waals surface area contributed by atoms with Gasteiger partial charge in [0.05, 0.1) is 39.6 Å². The Balaban J connectivity index is 0.000000493. The van der Waals surface area contributed by atoms with E-state index in [0.717, 1.165) is 6.54 Å². The Bertz CT molecular complexity index is 1540. The minimum Gasteiger partial charge on any atom is -0.480 e. The van der Waals surface area contributed by atoms with E-state index in [1.165, 1.54) is 25.2 Å². The maximum Gasteiger partial charge on any atom is 0.408 e. The van der Waals surface area contributed by atoms with Gasteiger partial charge in [0.1, 0.15) is 29.3 Å². The van der Waals surface area contributed by atoms with E-state index < -0.39 is 65.7 Å². The maximum absolute atomic E-state index is 13.4. The van der Waals surface area contributed by atoms with Crippen LogP contribution in [-0.4, -0.2) is 134 Å². The Kier molecular flexibility index (Phi) is 19.6. The number of hydrogen-bond acceptors (Lipinski definition) is 13. The molecule has 2 saturated heterocycles. The summed E-state index contributed by atoms with van der Waals surface area (Å²) in [6, 6.07) is -2.88. The number of halogens is 1. The molecule has 17 nitrogen and oxygen atoms in total. The van der Waals surface area contributed by atoms with Gasteiger partial charge in [0.25, 0.3) is 0 Å². The van der Waals surface area contributed by atoms with Crippen molar-refractivity contribution in [2.45, 2.75) is 131 Å². The molecule has 4 fully saturated rings. The number of rotatable bonds is 14. The highest BCUT2D eigenvalue weighted by Crippen LogP contribution is 2.65. The number of hydrogen-bond donors (Lipinski definition) is 4. The molecule has 2 saturated carbocycles. The number of ether oxygens (including phenoxy) is 6. The number of likely N-dealkylation sites (tertiary alicyclic amines) is 1. The number of methoxy groups -OCH3 is 2. The molecule has 344 valence electrons. The molecular weight excluding hydrogens is 804 g/mol. The molecule has 0 bridgehead atoms. The molecule has 0 aromatic rings. The van der Waals surface area contributed by atoms with E-state index in [1.807, 2.05) is 0 Å². The van der Waals surface area contributed by atoms with Gasteiger partial charge < -0.3 is 54.4 Å². The van der Waals surface area contributed by atoms with E-state index in [4.69, 9.17) is 33.5 Å². The highest BCUT2D eigenvalue weighted by Gasteiger charge is 2.70. The molecule has 60 heavy (non-hydrogen) atoms. The zero-order valence-electron chi connectivity index (χ0n) is 37.9. The normalized spacial score (nSPS) is 25.7. The Hall–Kier alpha value is -3.93. The van der Waals surface area contributed by atoms with Crippen LogP contribution in [0.2, 0.25) is 0 Å². The second-order valence-electron chi connectivity index (χ2n) is 18.5. The number of aliphatic carboxylic acids is 1. The zero-order valence-corrected chi connectivity index (χ0v) is 38.7. The Morgan fingerprint density at radius 1 is 0.767 bits per heavy atom. The summed E-state index contributed by atoms with van der Waals surface area (Å²) in [6.07, 6.45) is 0.233. The molecule has 2 aliphatic heterocycles. The van der Waals surface area contributed by atoms with Crippen molar-refractivity contribution in [1.82, 2.24) is 20.9 Å². The molecule has 4 aliphatic rings. The van der Waals surface area contributed by atoms with Gasteiger partial charge in [0.15, 0.2) is 6.04 Å². The fourth-order valence-corrected chi connectivity index (χ4v) is 7.92. The summed E-state index contributed by atoms with van der Waals surface area (Å²) in [7, 11) is 2.77. The molecular formula is C42H71ClN4O13. The highest BCUT2D eigenvalue weighted by molar-refractivity contribution is 5.91. The van der Waals surface area contributed by atoms with Crippen molar-refractivity contribution in [3.05, 3.63) is 25.3 Å². The summed E-state index contributed by atoms with van der Waals surface area (Å²) in [6.45, 7) is 31.1. The molecule has 0 spiro atoms. The fraction of sp³-hybridized carbons (Fsp3) is 0.762. The minimum atomic E-state index is -1.18. The topological polar surface area (TPSA) is 217 Å². The lowest BCUT2D eigenvalue weighted by molar-refractivity contribution is -0.155. The summed E-state index contributed by atoms with van der Waals surface area (Å²) in [5, 5.41) is 17.1. The van der Waals surface area contributed by atoms with Crippen molar-refractivity contribution in [3.63, 3.8) is 0 Å². The summed E-state index contributed by atoms with van der Waals surface area (Å²) in [5.74, 6) is -0.650. The van der Waals surface area contributed by atoms with Gasteiger partial charge in [-0.15, -0.1) is 25.6 Å². The number of esters is 2. The summed E-state index contributed by atoms with van der Waals surface area (Å²) in [4.78, 5) is 73.5. The van der Waals surface area contributed by atoms with Gasteiger partial charge >= 0.3 is 30.1 Å². The van der Waals surface area contributed by atoms with Crippen LogP contribution in [0.4, 0.5) is 9.59 Å². The molecule has 3 amide bonds. The number of fused-ring (bicyclic) bond motifs is 2. The molecule has 0 aromatic carbocycles. The van der Waals surface area contributed by atoms with E-state index in [1.54, 1.807) is 61.5 Å². The Labute approximate surface area is 361 Å². The van der Waals surface area contributed by atoms with Crippen LogP contribution < -0.4 is 16.0 Å². The number of carbonyl (C=O) groups is 6. The summed E-state index contributed by atoms with van der Waals surface area (Å²) < 4.78 is 30.8. The number of nitrogens with zero attached hydrogens (tertiary/aromatic N) is 1. The van der Waals surface area contributed by atoms with Crippen LogP contribution in [0.15, 0.2) is 25.3 Å². The van der Waals surface area contributed by atoms with Crippen LogP contribution in [0.3, 0.4) is 0 Å². The van der Waals surface area contributed by atoms with Gasteiger partial charge in [0.2, 0.25) is 5.91 Å². The second-order valence-corrected chi connectivity index (χ2v) is 18.5. The molecule has 2 aliphatic carbocycles. The van der Waals surface area contributed by atoms with Gasteiger partial charge in [-0.3, -0.25) is 9.59 Å². The molecule has 18 heteroatoms. The van der Waals surface area contributed by atoms with E-state index in [-0.39, 0.29) is 60.8 Å². The fourth-order valence-electron chi connectivity index (χ4n) is 7.92. The third-order valence-corrected chi connectivity index (χ3v) is 11.2. The summed E-state index contributed by atoms with van der Waals surface area (Å²) >= 11 is 0. The van der Waals surface area contributed by atoms with Gasteiger partial charge in [-0.05, 0) is 90.5 Å². The average Bonchev–Trinajstić information content (AvgIpc) is 3.58. The Morgan fingerprint density at radius 2 is 1.20 bits per heavy atom. The van der Waals surface area contributed by atoms with E-state index in [9.17, 15) is 28.8 Å². The number of carbonyl (C=O) groups excluding carboxylic acids is 5. The largest absolute Gasteiger partial charge is 0.480 e. The van der Waals surface area contributed by atoms with Crippen molar-refractivity contribution in [3.8, 4) is 0 Å². The molecule has 10 atom stereocenters. The first-order valence-electron chi connectivity index (χ1n) is 20.0. The van der Waals surface area contributed by atoms with Gasteiger partial charge in [-0.2, -0.15) is 0 Å². The second kappa shape index (κ2) is 21.7.